The lowest BCUT2D eigenvalue weighted by Crippen LogP contribution is -2.39. The van der Waals surface area contributed by atoms with Crippen molar-refractivity contribution >= 4 is 21.9 Å². The number of carbonyl (C=O) groups excluding carboxylic acids is 1. The fourth-order valence-electron chi connectivity index (χ4n) is 2.60. The molecule has 1 spiro atoms. The average Bonchev–Trinajstić information content (AvgIpc) is 2.55. The van der Waals surface area contributed by atoms with Crippen molar-refractivity contribution in [2.45, 2.75) is 18.4 Å². The van der Waals surface area contributed by atoms with Crippen molar-refractivity contribution in [1.29, 1.82) is 0 Å². The minimum atomic E-state index is -0.374. The van der Waals surface area contributed by atoms with Gasteiger partial charge in [-0.15, -0.1) is 0 Å². The quantitative estimate of drug-likeness (QED) is 0.741. The van der Waals surface area contributed by atoms with Crippen molar-refractivity contribution in [3.63, 3.8) is 0 Å². The van der Waals surface area contributed by atoms with E-state index < -0.39 is 0 Å². The van der Waals surface area contributed by atoms with E-state index in [0.29, 0.717) is 5.56 Å². The molecule has 2 aliphatic heterocycles. The Kier molecular flexibility index (Phi) is 2.30. The molecule has 2 heterocycles. The van der Waals surface area contributed by atoms with E-state index in [1.54, 1.807) is 0 Å². The van der Waals surface area contributed by atoms with Gasteiger partial charge in [0, 0.05) is 22.9 Å². The van der Waals surface area contributed by atoms with Gasteiger partial charge in [-0.05, 0) is 35.1 Å². The molecular weight excluding hydrogens is 270 g/mol. The Labute approximate surface area is 102 Å². The Bertz CT molecular complexity index is 452. The highest BCUT2D eigenvalue weighted by atomic mass is 79.9. The van der Waals surface area contributed by atoms with Crippen molar-refractivity contribution < 1.29 is 9.53 Å². The van der Waals surface area contributed by atoms with E-state index >= 15 is 0 Å². The second kappa shape index (κ2) is 3.57. The summed E-state index contributed by atoms with van der Waals surface area (Å²) in [5.74, 6) is -0.190. The minimum absolute atomic E-state index is 0.190. The maximum Gasteiger partial charge on any atom is 0.340 e. The van der Waals surface area contributed by atoms with Crippen LogP contribution >= 0.6 is 15.9 Å². The number of halogens is 1. The molecule has 1 aromatic rings. The highest BCUT2D eigenvalue weighted by molar-refractivity contribution is 9.10. The standard InChI is InChI=1S/C12H12BrNO2/c13-9-3-1-2-8-10(9)11(15)16-12(8)4-6-14-7-5-12/h1-3,14H,4-7H2. The minimum Gasteiger partial charge on any atom is -0.450 e. The van der Waals surface area contributed by atoms with Crippen LogP contribution in [0.2, 0.25) is 0 Å². The first kappa shape index (κ1) is 10.3. The molecular formula is C12H12BrNO2. The monoisotopic (exact) mass is 281 g/mol. The number of hydrogen-bond acceptors (Lipinski definition) is 3. The van der Waals surface area contributed by atoms with Gasteiger partial charge in [-0.3, -0.25) is 0 Å². The molecule has 1 fully saturated rings. The Hall–Kier alpha value is -0.870. The van der Waals surface area contributed by atoms with Crippen LogP contribution in [0.5, 0.6) is 0 Å². The first-order valence-electron chi connectivity index (χ1n) is 5.46. The molecule has 3 rings (SSSR count). The molecule has 1 N–H and O–H groups in total. The second-order valence-electron chi connectivity index (χ2n) is 4.30. The number of rotatable bonds is 0. The summed E-state index contributed by atoms with van der Waals surface area (Å²) in [6, 6.07) is 5.87. The average molecular weight is 282 g/mol. The number of hydrogen-bond donors (Lipinski definition) is 1. The van der Waals surface area contributed by atoms with Crippen molar-refractivity contribution in [3.8, 4) is 0 Å². The van der Waals surface area contributed by atoms with Crippen LogP contribution in [-0.2, 0) is 10.3 Å². The van der Waals surface area contributed by atoms with E-state index in [1.165, 1.54) is 0 Å². The number of benzene rings is 1. The van der Waals surface area contributed by atoms with Gasteiger partial charge >= 0.3 is 5.97 Å². The van der Waals surface area contributed by atoms with Gasteiger partial charge in [-0.1, -0.05) is 12.1 Å². The van der Waals surface area contributed by atoms with Gasteiger partial charge in [0.25, 0.3) is 0 Å². The van der Waals surface area contributed by atoms with Gasteiger partial charge in [0.05, 0.1) is 5.56 Å². The fourth-order valence-corrected chi connectivity index (χ4v) is 3.12. The Balaban J connectivity index is 2.14. The van der Waals surface area contributed by atoms with Gasteiger partial charge in [-0.2, -0.15) is 0 Å². The fraction of sp³-hybridized carbons (Fsp3) is 0.417. The molecule has 4 heteroatoms. The van der Waals surface area contributed by atoms with Crippen LogP contribution in [-0.4, -0.2) is 19.1 Å². The molecule has 0 radical (unpaired) electrons. The van der Waals surface area contributed by atoms with Crippen LogP contribution in [0.3, 0.4) is 0 Å². The van der Waals surface area contributed by atoms with E-state index in [1.807, 2.05) is 18.2 Å². The molecule has 0 aromatic heterocycles. The Morgan fingerprint density at radius 3 is 2.81 bits per heavy atom. The summed E-state index contributed by atoms with van der Waals surface area (Å²) >= 11 is 3.42. The normalized spacial score (nSPS) is 21.9. The first-order valence-corrected chi connectivity index (χ1v) is 6.25. The van der Waals surface area contributed by atoms with Gasteiger partial charge in [0.1, 0.15) is 5.60 Å². The molecule has 16 heavy (non-hydrogen) atoms. The Morgan fingerprint density at radius 2 is 2.06 bits per heavy atom. The lowest BCUT2D eigenvalue weighted by Gasteiger charge is -2.33. The van der Waals surface area contributed by atoms with Crippen molar-refractivity contribution in [3.05, 3.63) is 33.8 Å². The van der Waals surface area contributed by atoms with E-state index in [4.69, 9.17) is 4.74 Å². The van der Waals surface area contributed by atoms with Crippen LogP contribution in [0, 0.1) is 0 Å². The highest BCUT2D eigenvalue weighted by Gasteiger charge is 2.46. The molecule has 0 unspecified atom stereocenters. The van der Waals surface area contributed by atoms with Gasteiger partial charge in [0.15, 0.2) is 0 Å². The van der Waals surface area contributed by atoms with Crippen LogP contribution < -0.4 is 5.32 Å². The summed E-state index contributed by atoms with van der Waals surface area (Å²) in [5, 5.41) is 3.29. The molecule has 0 saturated carbocycles. The third-order valence-electron chi connectivity index (χ3n) is 3.41. The molecule has 0 atom stereocenters. The van der Waals surface area contributed by atoms with Crippen molar-refractivity contribution in [2.24, 2.45) is 0 Å². The summed E-state index contributed by atoms with van der Waals surface area (Å²) < 4.78 is 6.47. The zero-order valence-electron chi connectivity index (χ0n) is 8.75. The van der Waals surface area contributed by atoms with Crippen LogP contribution in [0.4, 0.5) is 0 Å². The summed E-state index contributed by atoms with van der Waals surface area (Å²) in [5.41, 5.74) is 1.39. The van der Waals surface area contributed by atoms with E-state index in [-0.39, 0.29) is 11.6 Å². The molecule has 1 saturated heterocycles. The largest absolute Gasteiger partial charge is 0.450 e. The van der Waals surface area contributed by atoms with Crippen LogP contribution in [0.1, 0.15) is 28.8 Å². The molecule has 0 bridgehead atoms. The summed E-state index contributed by atoms with van der Waals surface area (Å²) in [4.78, 5) is 11.9. The maximum atomic E-state index is 11.9. The predicted molar refractivity (Wildman–Crippen MR) is 63.3 cm³/mol. The number of nitrogens with one attached hydrogen (secondary N) is 1. The third kappa shape index (κ3) is 1.33. The van der Waals surface area contributed by atoms with E-state index in [9.17, 15) is 4.79 Å². The number of piperidine rings is 1. The summed E-state index contributed by atoms with van der Waals surface area (Å²) in [6.07, 6.45) is 1.73. The first-order chi connectivity index (χ1) is 7.73. The molecule has 3 nitrogen and oxygen atoms in total. The second-order valence-corrected chi connectivity index (χ2v) is 5.15. The maximum absolute atomic E-state index is 11.9. The molecule has 0 aliphatic carbocycles. The van der Waals surface area contributed by atoms with E-state index in [0.717, 1.165) is 36.0 Å². The summed E-state index contributed by atoms with van der Waals surface area (Å²) in [7, 11) is 0. The number of carbonyl (C=O) groups is 1. The number of fused-ring (bicyclic) bond motifs is 2. The molecule has 0 amide bonds. The zero-order chi connectivity index (χ0) is 11.2. The van der Waals surface area contributed by atoms with E-state index in [2.05, 4.69) is 21.2 Å². The third-order valence-corrected chi connectivity index (χ3v) is 4.07. The number of ether oxygens (including phenoxy) is 1. The molecule has 1 aromatic carbocycles. The van der Waals surface area contributed by atoms with Gasteiger partial charge in [0.2, 0.25) is 0 Å². The highest BCUT2D eigenvalue weighted by Crippen LogP contribution is 2.44. The summed E-state index contributed by atoms with van der Waals surface area (Å²) in [6.45, 7) is 1.80. The van der Waals surface area contributed by atoms with Crippen LogP contribution in [0.15, 0.2) is 22.7 Å². The topological polar surface area (TPSA) is 38.3 Å². The van der Waals surface area contributed by atoms with Gasteiger partial charge < -0.3 is 10.1 Å². The molecule has 2 aliphatic rings. The number of esters is 1. The lowest BCUT2D eigenvalue weighted by molar-refractivity contribution is -0.0241. The smallest absolute Gasteiger partial charge is 0.340 e. The van der Waals surface area contributed by atoms with Crippen molar-refractivity contribution in [2.75, 3.05) is 13.1 Å². The lowest BCUT2D eigenvalue weighted by atomic mass is 9.84. The SMILES string of the molecule is O=C1OC2(CCNCC2)c2cccc(Br)c21. The molecule has 84 valence electrons. The zero-order valence-corrected chi connectivity index (χ0v) is 10.3. The predicted octanol–water partition coefficient (Wildman–Crippen LogP) is 2.20. The van der Waals surface area contributed by atoms with Gasteiger partial charge in [-0.25, -0.2) is 4.79 Å². The van der Waals surface area contributed by atoms with Crippen LogP contribution in [0.25, 0.3) is 0 Å². The Morgan fingerprint density at radius 1 is 1.31 bits per heavy atom. The van der Waals surface area contributed by atoms with Crippen molar-refractivity contribution in [1.82, 2.24) is 5.32 Å².